The van der Waals surface area contributed by atoms with Crippen LogP contribution in [0.1, 0.15) is 18.4 Å². The highest BCUT2D eigenvalue weighted by Crippen LogP contribution is 2.25. The summed E-state index contributed by atoms with van der Waals surface area (Å²) in [5, 5.41) is 24.3. The number of non-ortho nitro benzene ring substituents is 1. The predicted octanol–water partition coefficient (Wildman–Crippen LogP) is 2.68. The monoisotopic (exact) mass is 458 g/mol. The summed E-state index contributed by atoms with van der Waals surface area (Å²) in [7, 11) is 0. The Morgan fingerprint density at radius 3 is 2.58 bits per heavy atom. The third-order valence-corrected chi connectivity index (χ3v) is 4.61. The number of nitrogens with zero attached hydrogens (tertiary/aromatic N) is 3. The second-order valence-corrected chi connectivity index (χ2v) is 7.02. The molecule has 0 saturated heterocycles. The Morgan fingerprint density at radius 1 is 1.12 bits per heavy atom. The molecule has 0 unspecified atom stereocenters. The number of oxazole rings is 1. The summed E-state index contributed by atoms with van der Waals surface area (Å²) in [5.74, 6) is -2.17. The summed E-state index contributed by atoms with van der Waals surface area (Å²) in [4.78, 5) is 56.6. The van der Waals surface area contributed by atoms with Gasteiger partial charge in [0.05, 0.1) is 21.4 Å². The quantitative estimate of drug-likeness (QED) is 0.287. The Balaban J connectivity index is 1.51. The molecule has 0 fully saturated rings. The lowest BCUT2D eigenvalue weighted by Crippen LogP contribution is -2.22. The number of hydrogen-bond donors (Lipinski definition) is 1. The number of anilines is 1. The number of amides is 1. The van der Waals surface area contributed by atoms with Crippen molar-refractivity contribution in [2.24, 2.45) is 0 Å². The van der Waals surface area contributed by atoms with Crippen LogP contribution in [-0.2, 0) is 20.9 Å². The van der Waals surface area contributed by atoms with Gasteiger partial charge >= 0.3 is 11.7 Å². The number of carbonyl (C=O) groups is 2. The van der Waals surface area contributed by atoms with Gasteiger partial charge in [-0.15, -0.1) is 0 Å². The molecule has 0 aliphatic carbocycles. The van der Waals surface area contributed by atoms with Gasteiger partial charge in [-0.2, -0.15) is 0 Å². The number of esters is 1. The predicted molar refractivity (Wildman–Crippen MR) is 114 cm³/mol. The number of ether oxygens (including phenoxy) is 1. The first-order valence-corrected chi connectivity index (χ1v) is 9.64. The highest BCUT2D eigenvalue weighted by atomic mass is 16.6. The second kappa shape index (κ2) is 9.72. The SMILES string of the molecule is Cc1ccc(NC(=O)COC(=O)CCCn2c(=O)oc3cc([N+](=O)[O-])ccc32)c([N+](=O)[O-])c1. The molecule has 0 bridgehead atoms. The van der Waals surface area contributed by atoms with E-state index in [1.165, 1.54) is 28.8 Å². The zero-order chi connectivity index (χ0) is 24.1. The van der Waals surface area contributed by atoms with E-state index in [2.05, 4.69) is 5.32 Å². The van der Waals surface area contributed by atoms with Crippen LogP contribution in [0.3, 0.4) is 0 Å². The zero-order valence-electron chi connectivity index (χ0n) is 17.3. The van der Waals surface area contributed by atoms with Crippen molar-refractivity contribution in [3.63, 3.8) is 0 Å². The van der Waals surface area contributed by atoms with E-state index in [-0.39, 0.29) is 42.0 Å². The number of hydrogen-bond acceptors (Lipinski definition) is 9. The molecule has 1 heterocycles. The highest BCUT2D eigenvalue weighted by molar-refractivity contribution is 5.94. The van der Waals surface area contributed by atoms with Crippen molar-refractivity contribution >= 4 is 40.0 Å². The Labute approximate surface area is 184 Å². The van der Waals surface area contributed by atoms with Gasteiger partial charge < -0.3 is 14.5 Å². The Bertz CT molecular complexity index is 1310. The molecule has 0 aliphatic rings. The molecule has 2 aromatic carbocycles. The van der Waals surface area contributed by atoms with E-state index in [1.54, 1.807) is 13.0 Å². The van der Waals surface area contributed by atoms with Gasteiger partial charge in [0.2, 0.25) is 0 Å². The van der Waals surface area contributed by atoms with Gasteiger partial charge in [0.15, 0.2) is 12.2 Å². The molecule has 1 amide bonds. The van der Waals surface area contributed by atoms with Crippen molar-refractivity contribution in [2.45, 2.75) is 26.3 Å². The number of nitro groups is 2. The van der Waals surface area contributed by atoms with Crippen LogP contribution in [-0.4, -0.2) is 32.9 Å². The van der Waals surface area contributed by atoms with Crippen molar-refractivity contribution in [2.75, 3.05) is 11.9 Å². The van der Waals surface area contributed by atoms with Gasteiger partial charge in [-0.1, -0.05) is 6.07 Å². The summed E-state index contributed by atoms with van der Waals surface area (Å²) in [6.45, 7) is 1.12. The summed E-state index contributed by atoms with van der Waals surface area (Å²) in [6, 6.07) is 8.04. The van der Waals surface area contributed by atoms with E-state index in [1.807, 2.05) is 0 Å². The Morgan fingerprint density at radius 2 is 1.88 bits per heavy atom. The Kier molecular flexibility index (Phi) is 6.81. The molecule has 3 rings (SSSR count). The maximum absolute atomic E-state index is 12.0. The molecule has 13 heteroatoms. The lowest BCUT2D eigenvalue weighted by Gasteiger charge is -2.08. The van der Waals surface area contributed by atoms with Gasteiger partial charge in [-0.3, -0.25) is 34.4 Å². The van der Waals surface area contributed by atoms with Crippen molar-refractivity contribution in [3.8, 4) is 0 Å². The second-order valence-electron chi connectivity index (χ2n) is 7.02. The number of fused-ring (bicyclic) bond motifs is 1. The minimum atomic E-state index is -0.742. The number of nitrogens with one attached hydrogen (secondary N) is 1. The van der Waals surface area contributed by atoms with Crippen LogP contribution in [0.2, 0.25) is 0 Å². The number of carbonyl (C=O) groups excluding carboxylic acids is 2. The molecule has 33 heavy (non-hydrogen) atoms. The number of aryl methyl sites for hydroxylation is 2. The molecule has 0 spiro atoms. The molecule has 13 nitrogen and oxygen atoms in total. The first kappa shape index (κ1) is 23.1. The van der Waals surface area contributed by atoms with Crippen LogP contribution in [0.5, 0.6) is 0 Å². The summed E-state index contributed by atoms with van der Waals surface area (Å²) in [6.07, 6.45) is 0.0550. The van der Waals surface area contributed by atoms with Crippen molar-refractivity contribution in [1.82, 2.24) is 4.57 Å². The molecule has 3 aromatic rings. The lowest BCUT2D eigenvalue weighted by atomic mass is 10.2. The van der Waals surface area contributed by atoms with Crippen molar-refractivity contribution < 1.29 is 28.6 Å². The van der Waals surface area contributed by atoms with E-state index in [0.717, 1.165) is 6.07 Å². The average molecular weight is 458 g/mol. The maximum Gasteiger partial charge on any atom is 0.419 e. The standard InChI is InChI=1S/C20H18N4O9/c1-12-4-6-14(16(9-12)24(30)31)21-18(25)11-32-19(26)3-2-8-22-15-7-5-13(23(28)29)10-17(15)33-20(22)27/h4-7,9-10H,2-3,8,11H2,1H3,(H,21,25). The number of benzene rings is 2. The van der Waals surface area contributed by atoms with Crippen LogP contribution >= 0.6 is 0 Å². The topological polar surface area (TPSA) is 177 Å². The number of aromatic nitrogens is 1. The van der Waals surface area contributed by atoms with E-state index in [0.29, 0.717) is 11.1 Å². The summed E-state index contributed by atoms with van der Waals surface area (Å²) < 4.78 is 11.1. The fraction of sp³-hybridized carbons (Fsp3) is 0.250. The van der Waals surface area contributed by atoms with Crippen molar-refractivity contribution in [3.05, 3.63) is 72.7 Å². The molecule has 172 valence electrons. The van der Waals surface area contributed by atoms with Crippen LogP contribution in [0.15, 0.2) is 45.6 Å². The molecular formula is C20H18N4O9. The average Bonchev–Trinajstić information content (AvgIpc) is 3.07. The summed E-state index contributed by atoms with van der Waals surface area (Å²) >= 11 is 0. The van der Waals surface area contributed by atoms with E-state index < -0.39 is 34.1 Å². The van der Waals surface area contributed by atoms with Crippen molar-refractivity contribution in [1.29, 1.82) is 0 Å². The fourth-order valence-corrected chi connectivity index (χ4v) is 3.06. The van der Waals surface area contributed by atoms with E-state index in [9.17, 15) is 34.6 Å². The number of rotatable bonds is 9. The van der Waals surface area contributed by atoms with Crippen LogP contribution in [0, 0.1) is 27.2 Å². The molecule has 0 aliphatic heterocycles. The van der Waals surface area contributed by atoms with Gasteiger partial charge in [0.1, 0.15) is 5.69 Å². The van der Waals surface area contributed by atoms with E-state index >= 15 is 0 Å². The Hall–Kier alpha value is -4.55. The largest absolute Gasteiger partial charge is 0.456 e. The van der Waals surface area contributed by atoms with Gasteiger partial charge in [-0.25, -0.2) is 4.79 Å². The molecule has 0 atom stereocenters. The van der Waals surface area contributed by atoms with Gasteiger partial charge in [0, 0.05) is 25.1 Å². The lowest BCUT2D eigenvalue weighted by molar-refractivity contribution is -0.384. The molecule has 0 saturated carbocycles. The highest BCUT2D eigenvalue weighted by Gasteiger charge is 2.17. The molecule has 0 radical (unpaired) electrons. The first-order chi connectivity index (χ1) is 15.7. The summed E-state index contributed by atoms with van der Waals surface area (Å²) in [5.41, 5.74) is 0.530. The third-order valence-electron chi connectivity index (χ3n) is 4.61. The molecule has 1 aromatic heterocycles. The molecule has 1 N–H and O–H groups in total. The zero-order valence-corrected chi connectivity index (χ0v) is 17.3. The smallest absolute Gasteiger partial charge is 0.419 e. The van der Waals surface area contributed by atoms with Crippen LogP contribution in [0.4, 0.5) is 17.1 Å². The normalized spacial score (nSPS) is 10.7. The van der Waals surface area contributed by atoms with Crippen LogP contribution < -0.4 is 11.1 Å². The minimum absolute atomic E-state index is 0.0157. The van der Waals surface area contributed by atoms with Gasteiger partial charge in [0.25, 0.3) is 17.3 Å². The third kappa shape index (κ3) is 5.58. The number of nitro benzene ring substituents is 2. The van der Waals surface area contributed by atoms with Crippen LogP contribution in [0.25, 0.3) is 11.1 Å². The van der Waals surface area contributed by atoms with E-state index in [4.69, 9.17) is 9.15 Å². The maximum atomic E-state index is 12.0. The van der Waals surface area contributed by atoms with Gasteiger partial charge in [-0.05, 0) is 31.0 Å². The molecular weight excluding hydrogens is 440 g/mol. The minimum Gasteiger partial charge on any atom is -0.456 e. The fourth-order valence-electron chi connectivity index (χ4n) is 3.06. The first-order valence-electron chi connectivity index (χ1n) is 9.64.